The molecule has 0 saturated carbocycles. The molecule has 1 aliphatic heterocycles. The standard InChI is InChI=1S/C22H23N3O4S/c1-30(27,28)25-13-10-17-15-18(8-9-19(17)25)22(26)24-12-4-14-29-20-7-2-5-16-6-3-11-23-21(16)20/h2-3,5-9,11,15H,4,10,12-14H2,1H3,(H,24,26). The number of carbonyl (C=O) groups excluding carboxylic acids is 1. The van der Waals surface area contributed by atoms with Crippen LogP contribution in [0, 0.1) is 0 Å². The van der Waals surface area contributed by atoms with Crippen LogP contribution >= 0.6 is 0 Å². The van der Waals surface area contributed by atoms with Gasteiger partial charge >= 0.3 is 0 Å². The van der Waals surface area contributed by atoms with Crippen LogP contribution in [0.15, 0.2) is 54.7 Å². The molecule has 0 bridgehead atoms. The van der Waals surface area contributed by atoms with Crippen molar-refractivity contribution < 1.29 is 17.9 Å². The van der Waals surface area contributed by atoms with Gasteiger partial charge in [0.1, 0.15) is 11.3 Å². The molecular formula is C22H23N3O4S. The smallest absolute Gasteiger partial charge is 0.251 e. The molecular weight excluding hydrogens is 402 g/mol. The van der Waals surface area contributed by atoms with Gasteiger partial charge in [0, 0.05) is 30.2 Å². The maximum absolute atomic E-state index is 12.4. The van der Waals surface area contributed by atoms with Gasteiger partial charge in [0.2, 0.25) is 10.0 Å². The van der Waals surface area contributed by atoms with E-state index >= 15 is 0 Å². The number of ether oxygens (including phenoxy) is 1. The molecule has 0 fully saturated rings. The average Bonchev–Trinajstić information content (AvgIpc) is 3.17. The molecule has 30 heavy (non-hydrogen) atoms. The van der Waals surface area contributed by atoms with Gasteiger partial charge in [-0.1, -0.05) is 18.2 Å². The molecule has 2 aromatic carbocycles. The van der Waals surface area contributed by atoms with Crippen molar-refractivity contribution in [1.82, 2.24) is 10.3 Å². The van der Waals surface area contributed by atoms with E-state index in [0.717, 1.165) is 22.2 Å². The van der Waals surface area contributed by atoms with E-state index in [9.17, 15) is 13.2 Å². The van der Waals surface area contributed by atoms with Crippen molar-refractivity contribution in [2.24, 2.45) is 0 Å². The Morgan fingerprint density at radius 1 is 1.20 bits per heavy atom. The lowest BCUT2D eigenvalue weighted by molar-refractivity contribution is 0.0951. The minimum absolute atomic E-state index is 0.178. The highest BCUT2D eigenvalue weighted by atomic mass is 32.2. The van der Waals surface area contributed by atoms with Crippen molar-refractivity contribution >= 4 is 32.5 Å². The second-order valence-corrected chi connectivity index (χ2v) is 9.12. The van der Waals surface area contributed by atoms with Gasteiger partial charge in [-0.25, -0.2) is 8.42 Å². The molecule has 0 spiro atoms. The number of pyridine rings is 1. The SMILES string of the molecule is CS(=O)(=O)N1CCc2cc(C(=O)NCCCOc3cccc4cccnc34)ccc21. The minimum Gasteiger partial charge on any atom is -0.491 e. The number of benzene rings is 2. The number of anilines is 1. The summed E-state index contributed by atoms with van der Waals surface area (Å²) in [6.07, 6.45) is 4.19. The van der Waals surface area contributed by atoms with Gasteiger partial charge in [-0.2, -0.15) is 0 Å². The van der Waals surface area contributed by atoms with Gasteiger partial charge < -0.3 is 10.1 Å². The Hall–Kier alpha value is -3.13. The summed E-state index contributed by atoms with van der Waals surface area (Å²) in [6.45, 7) is 1.35. The first-order valence-corrected chi connectivity index (χ1v) is 11.6. The first-order valence-electron chi connectivity index (χ1n) is 9.79. The Kier molecular flexibility index (Phi) is 5.59. The second-order valence-electron chi connectivity index (χ2n) is 7.22. The number of carbonyl (C=O) groups is 1. The molecule has 0 radical (unpaired) electrons. The first-order chi connectivity index (χ1) is 14.4. The Bertz CT molecular complexity index is 1190. The van der Waals surface area contributed by atoms with Crippen LogP contribution in [0.4, 0.5) is 5.69 Å². The zero-order valence-electron chi connectivity index (χ0n) is 16.7. The summed E-state index contributed by atoms with van der Waals surface area (Å²) < 4.78 is 30.9. The lowest BCUT2D eigenvalue weighted by Gasteiger charge is -2.16. The third-order valence-electron chi connectivity index (χ3n) is 5.05. The van der Waals surface area contributed by atoms with Crippen LogP contribution in [0.25, 0.3) is 10.9 Å². The number of fused-ring (bicyclic) bond motifs is 2. The predicted molar refractivity (Wildman–Crippen MR) is 117 cm³/mol. The van der Waals surface area contributed by atoms with Gasteiger partial charge in [-0.3, -0.25) is 14.1 Å². The molecule has 2 heterocycles. The molecule has 1 aromatic heterocycles. The Balaban J connectivity index is 1.29. The number of hydrogen-bond donors (Lipinski definition) is 1. The van der Waals surface area contributed by atoms with Crippen molar-refractivity contribution in [3.8, 4) is 5.75 Å². The fourth-order valence-electron chi connectivity index (χ4n) is 3.61. The van der Waals surface area contributed by atoms with Crippen molar-refractivity contribution in [3.63, 3.8) is 0 Å². The van der Waals surface area contributed by atoms with Crippen LogP contribution < -0.4 is 14.4 Å². The summed E-state index contributed by atoms with van der Waals surface area (Å²) >= 11 is 0. The fraction of sp³-hybridized carbons (Fsp3) is 0.273. The van der Waals surface area contributed by atoms with E-state index in [4.69, 9.17) is 4.74 Å². The molecule has 156 valence electrons. The second kappa shape index (κ2) is 8.31. The van der Waals surface area contributed by atoms with Crippen molar-refractivity contribution in [2.45, 2.75) is 12.8 Å². The van der Waals surface area contributed by atoms with Crippen LogP contribution in [-0.4, -0.2) is 45.3 Å². The molecule has 4 rings (SSSR count). The number of para-hydroxylation sites is 1. The Labute approximate surface area is 175 Å². The molecule has 3 aromatic rings. The van der Waals surface area contributed by atoms with Crippen LogP contribution in [0.5, 0.6) is 5.75 Å². The maximum atomic E-state index is 12.4. The molecule has 1 N–H and O–H groups in total. The number of rotatable bonds is 7. The van der Waals surface area contributed by atoms with Crippen LogP contribution in [0.2, 0.25) is 0 Å². The van der Waals surface area contributed by atoms with Crippen molar-refractivity contribution in [2.75, 3.05) is 30.3 Å². The Morgan fingerprint density at radius 2 is 2.03 bits per heavy atom. The monoisotopic (exact) mass is 425 g/mol. The van der Waals surface area contributed by atoms with E-state index in [1.807, 2.05) is 30.3 Å². The zero-order valence-corrected chi connectivity index (χ0v) is 17.5. The predicted octanol–water partition coefficient (Wildman–Crippen LogP) is 2.76. The van der Waals surface area contributed by atoms with E-state index < -0.39 is 10.0 Å². The van der Waals surface area contributed by atoms with Gasteiger partial charge in [-0.05, 0) is 48.7 Å². The lowest BCUT2D eigenvalue weighted by Crippen LogP contribution is -2.27. The third-order valence-corrected chi connectivity index (χ3v) is 6.23. The lowest BCUT2D eigenvalue weighted by atomic mass is 10.1. The first kappa shape index (κ1) is 20.2. The van der Waals surface area contributed by atoms with Crippen molar-refractivity contribution in [1.29, 1.82) is 0 Å². The number of nitrogens with one attached hydrogen (secondary N) is 1. The third kappa shape index (κ3) is 4.23. The summed E-state index contributed by atoms with van der Waals surface area (Å²) in [7, 11) is -3.29. The minimum atomic E-state index is -3.29. The number of aromatic nitrogens is 1. The number of sulfonamides is 1. The fourth-order valence-corrected chi connectivity index (χ4v) is 4.57. The number of nitrogens with zero attached hydrogens (tertiary/aromatic N) is 2. The van der Waals surface area contributed by atoms with E-state index in [2.05, 4.69) is 10.3 Å². The molecule has 7 nitrogen and oxygen atoms in total. The van der Waals surface area contributed by atoms with E-state index in [1.54, 1.807) is 24.4 Å². The maximum Gasteiger partial charge on any atom is 0.251 e. The van der Waals surface area contributed by atoms with Crippen LogP contribution in [0.1, 0.15) is 22.3 Å². The van der Waals surface area contributed by atoms with Crippen LogP contribution in [-0.2, 0) is 16.4 Å². The summed E-state index contributed by atoms with van der Waals surface area (Å²) in [5, 5.41) is 3.91. The summed E-state index contributed by atoms with van der Waals surface area (Å²) in [5.41, 5.74) is 2.89. The number of amides is 1. The van der Waals surface area contributed by atoms with Crippen LogP contribution in [0.3, 0.4) is 0 Å². The Morgan fingerprint density at radius 3 is 2.87 bits per heavy atom. The molecule has 8 heteroatoms. The van der Waals surface area contributed by atoms with E-state index in [0.29, 0.717) is 43.8 Å². The van der Waals surface area contributed by atoms with Gasteiger partial charge in [-0.15, -0.1) is 0 Å². The molecule has 1 aliphatic rings. The number of hydrogen-bond acceptors (Lipinski definition) is 5. The highest BCUT2D eigenvalue weighted by Gasteiger charge is 2.26. The summed E-state index contributed by atoms with van der Waals surface area (Å²) in [6, 6.07) is 14.8. The molecule has 0 unspecified atom stereocenters. The van der Waals surface area contributed by atoms with Gasteiger partial charge in [0.25, 0.3) is 5.91 Å². The normalized spacial score (nSPS) is 13.3. The summed E-state index contributed by atoms with van der Waals surface area (Å²) in [5.74, 6) is 0.552. The largest absolute Gasteiger partial charge is 0.491 e. The highest BCUT2D eigenvalue weighted by Crippen LogP contribution is 2.30. The van der Waals surface area contributed by atoms with Crippen molar-refractivity contribution in [3.05, 3.63) is 65.9 Å². The van der Waals surface area contributed by atoms with E-state index in [1.165, 1.54) is 10.6 Å². The molecule has 0 aliphatic carbocycles. The quantitative estimate of drug-likeness (QED) is 0.588. The topological polar surface area (TPSA) is 88.6 Å². The molecule has 0 atom stereocenters. The van der Waals surface area contributed by atoms with Gasteiger partial charge in [0.05, 0.1) is 18.6 Å². The average molecular weight is 426 g/mol. The molecule has 0 saturated heterocycles. The molecule has 1 amide bonds. The van der Waals surface area contributed by atoms with E-state index in [-0.39, 0.29) is 5.91 Å². The highest BCUT2D eigenvalue weighted by molar-refractivity contribution is 7.92. The zero-order chi connectivity index (χ0) is 21.1. The van der Waals surface area contributed by atoms with Gasteiger partial charge in [0.15, 0.2) is 0 Å². The summed E-state index contributed by atoms with van der Waals surface area (Å²) in [4.78, 5) is 16.8.